The molecule has 1 aliphatic heterocycles. The third-order valence-corrected chi connectivity index (χ3v) is 2.33. The fraction of sp³-hybridized carbons (Fsp3) is 0.556. The second-order valence-corrected chi connectivity index (χ2v) is 3.25. The molecule has 1 amide bonds. The molecule has 13 heavy (non-hydrogen) atoms. The van der Waals surface area contributed by atoms with Gasteiger partial charge in [0, 0.05) is 31.9 Å². The maximum atomic E-state index is 11.2. The molecule has 1 saturated heterocycles. The van der Waals surface area contributed by atoms with Crippen LogP contribution in [0.25, 0.3) is 0 Å². The predicted octanol–water partition coefficient (Wildman–Crippen LogP) is 0.505. The van der Waals surface area contributed by atoms with Gasteiger partial charge in [0.2, 0.25) is 5.91 Å². The molecule has 1 fully saturated rings. The summed E-state index contributed by atoms with van der Waals surface area (Å²) in [5, 5.41) is 4.08. The van der Waals surface area contributed by atoms with Crippen LogP contribution in [0.15, 0.2) is 18.5 Å². The van der Waals surface area contributed by atoms with Gasteiger partial charge in [0.15, 0.2) is 0 Å². The summed E-state index contributed by atoms with van der Waals surface area (Å²) in [6.07, 6.45) is 5.41. The van der Waals surface area contributed by atoms with E-state index in [2.05, 4.69) is 5.10 Å². The lowest BCUT2D eigenvalue weighted by molar-refractivity contribution is -0.127. The van der Waals surface area contributed by atoms with Crippen LogP contribution in [-0.4, -0.2) is 33.7 Å². The van der Waals surface area contributed by atoms with Crippen LogP contribution in [0, 0.1) is 0 Å². The zero-order valence-electron chi connectivity index (χ0n) is 7.52. The maximum Gasteiger partial charge on any atom is 0.222 e. The van der Waals surface area contributed by atoms with E-state index in [0.29, 0.717) is 0 Å². The number of carbonyl (C=O) groups excluding carboxylic acids is 1. The summed E-state index contributed by atoms with van der Waals surface area (Å²) in [7, 11) is 0. The first-order valence-corrected chi connectivity index (χ1v) is 4.61. The normalized spacial score (nSPS) is 16.9. The fourth-order valence-corrected chi connectivity index (χ4v) is 1.60. The third kappa shape index (κ3) is 1.88. The van der Waals surface area contributed by atoms with Gasteiger partial charge in [0.1, 0.15) is 0 Å². The van der Waals surface area contributed by atoms with Crippen molar-refractivity contribution in [2.75, 3.05) is 13.1 Å². The van der Waals surface area contributed by atoms with E-state index in [1.165, 1.54) is 0 Å². The van der Waals surface area contributed by atoms with Gasteiger partial charge in [-0.15, -0.1) is 0 Å². The zero-order valence-corrected chi connectivity index (χ0v) is 7.52. The van der Waals surface area contributed by atoms with Crippen LogP contribution in [-0.2, 0) is 11.3 Å². The Hall–Kier alpha value is -1.32. The number of rotatable bonds is 3. The molecule has 0 unspecified atom stereocenters. The van der Waals surface area contributed by atoms with Gasteiger partial charge in [-0.2, -0.15) is 5.10 Å². The second-order valence-electron chi connectivity index (χ2n) is 3.25. The highest BCUT2D eigenvalue weighted by Crippen LogP contribution is 2.08. The van der Waals surface area contributed by atoms with Crippen LogP contribution >= 0.6 is 0 Å². The predicted molar refractivity (Wildman–Crippen MR) is 48.0 cm³/mol. The summed E-state index contributed by atoms with van der Waals surface area (Å²) >= 11 is 0. The number of hydrogen-bond acceptors (Lipinski definition) is 2. The average molecular weight is 179 g/mol. The second kappa shape index (κ2) is 3.60. The molecule has 1 aromatic heterocycles. The highest BCUT2D eigenvalue weighted by Gasteiger charge is 2.19. The molecule has 0 aromatic carbocycles. The Morgan fingerprint density at radius 1 is 1.46 bits per heavy atom. The van der Waals surface area contributed by atoms with Crippen LogP contribution in [0.1, 0.15) is 12.8 Å². The highest BCUT2D eigenvalue weighted by atomic mass is 16.2. The Kier molecular flexibility index (Phi) is 2.29. The lowest BCUT2D eigenvalue weighted by Crippen LogP contribution is -2.28. The fourth-order valence-electron chi connectivity index (χ4n) is 1.60. The SMILES string of the molecule is O=C1CCCN1CCn1cccn1. The minimum Gasteiger partial charge on any atom is -0.341 e. The standard InChI is InChI=1S/C9H13N3O/c13-9-3-1-5-11(9)7-8-12-6-2-4-10-12/h2,4,6H,1,3,5,7-8H2. The molecule has 0 atom stereocenters. The van der Waals surface area contributed by atoms with E-state index in [0.717, 1.165) is 32.5 Å². The molecular weight excluding hydrogens is 166 g/mol. The van der Waals surface area contributed by atoms with Crippen molar-refractivity contribution in [3.05, 3.63) is 18.5 Å². The van der Waals surface area contributed by atoms with E-state index < -0.39 is 0 Å². The largest absolute Gasteiger partial charge is 0.341 e. The first-order chi connectivity index (χ1) is 6.36. The van der Waals surface area contributed by atoms with Crippen LogP contribution in [0.3, 0.4) is 0 Å². The number of nitrogens with zero attached hydrogens (tertiary/aromatic N) is 3. The minimum atomic E-state index is 0.284. The smallest absolute Gasteiger partial charge is 0.222 e. The summed E-state index contributed by atoms with van der Waals surface area (Å²) in [4.78, 5) is 13.1. The Balaban J connectivity index is 1.82. The lowest BCUT2D eigenvalue weighted by atomic mass is 10.4. The van der Waals surface area contributed by atoms with Gasteiger partial charge in [-0.05, 0) is 12.5 Å². The minimum absolute atomic E-state index is 0.284. The Morgan fingerprint density at radius 2 is 2.38 bits per heavy atom. The molecule has 0 radical (unpaired) electrons. The van der Waals surface area contributed by atoms with E-state index >= 15 is 0 Å². The molecular formula is C9H13N3O. The van der Waals surface area contributed by atoms with E-state index in [1.54, 1.807) is 6.20 Å². The molecule has 2 heterocycles. The van der Waals surface area contributed by atoms with Crippen molar-refractivity contribution >= 4 is 5.91 Å². The van der Waals surface area contributed by atoms with Gasteiger partial charge < -0.3 is 4.90 Å². The number of aromatic nitrogens is 2. The summed E-state index contributed by atoms with van der Waals surface area (Å²) in [5.41, 5.74) is 0. The Labute approximate surface area is 77.1 Å². The van der Waals surface area contributed by atoms with Crippen molar-refractivity contribution in [3.8, 4) is 0 Å². The van der Waals surface area contributed by atoms with Crippen molar-refractivity contribution < 1.29 is 4.79 Å². The van der Waals surface area contributed by atoms with Gasteiger partial charge >= 0.3 is 0 Å². The summed E-state index contributed by atoms with van der Waals surface area (Å²) in [5.74, 6) is 0.284. The van der Waals surface area contributed by atoms with Crippen molar-refractivity contribution in [3.63, 3.8) is 0 Å². The van der Waals surface area contributed by atoms with Gasteiger partial charge in [-0.25, -0.2) is 0 Å². The number of hydrogen-bond donors (Lipinski definition) is 0. The lowest BCUT2D eigenvalue weighted by Gasteiger charge is -2.14. The van der Waals surface area contributed by atoms with Crippen LogP contribution in [0.4, 0.5) is 0 Å². The molecule has 1 aliphatic rings. The first kappa shape index (κ1) is 8.29. The zero-order chi connectivity index (χ0) is 9.10. The van der Waals surface area contributed by atoms with Crippen LogP contribution in [0.5, 0.6) is 0 Å². The number of amides is 1. The highest BCUT2D eigenvalue weighted by molar-refractivity contribution is 5.77. The molecule has 70 valence electrons. The molecule has 0 N–H and O–H groups in total. The summed E-state index contributed by atoms with van der Waals surface area (Å²) in [6, 6.07) is 1.89. The molecule has 1 aromatic rings. The average Bonchev–Trinajstić information content (AvgIpc) is 2.72. The van der Waals surface area contributed by atoms with E-state index in [4.69, 9.17) is 0 Å². The van der Waals surface area contributed by atoms with Crippen molar-refractivity contribution in [1.29, 1.82) is 0 Å². The van der Waals surface area contributed by atoms with Crippen molar-refractivity contribution in [2.45, 2.75) is 19.4 Å². The number of carbonyl (C=O) groups is 1. The van der Waals surface area contributed by atoms with E-state index in [1.807, 2.05) is 21.8 Å². The third-order valence-electron chi connectivity index (χ3n) is 2.33. The monoisotopic (exact) mass is 179 g/mol. The van der Waals surface area contributed by atoms with Gasteiger partial charge in [0.25, 0.3) is 0 Å². The van der Waals surface area contributed by atoms with Gasteiger partial charge in [-0.1, -0.05) is 0 Å². The molecule has 4 heteroatoms. The maximum absolute atomic E-state index is 11.2. The summed E-state index contributed by atoms with van der Waals surface area (Å²) < 4.78 is 1.85. The van der Waals surface area contributed by atoms with E-state index in [-0.39, 0.29) is 5.91 Å². The van der Waals surface area contributed by atoms with Gasteiger partial charge in [-0.3, -0.25) is 9.48 Å². The molecule has 2 rings (SSSR count). The van der Waals surface area contributed by atoms with Crippen LogP contribution in [0.2, 0.25) is 0 Å². The molecule has 0 saturated carbocycles. The topological polar surface area (TPSA) is 38.1 Å². The molecule has 0 bridgehead atoms. The molecule has 0 aliphatic carbocycles. The van der Waals surface area contributed by atoms with Gasteiger partial charge in [0.05, 0.1) is 6.54 Å². The van der Waals surface area contributed by atoms with E-state index in [9.17, 15) is 4.79 Å². The Morgan fingerprint density at radius 3 is 3.00 bits per heavy atom. The van der Waals surface area contributed by atoms with Crippen LogP contribution < -0.4 is 0 Å². The van der Waals surface area contributed by atoms with Crippen molar-refractivity contribution in [1.82, 2.24) is 14.7 Å². The summed E-state index contributed by atoms with van der Waals surface area (Å²) in [6.45, 7) is 2.51. The van der Waals surface area contributed by atoms with Crippen molar-refractivity contribution in [2.24, 2.45) is 0 Å². The first-order valence-electron chi connectivity index (χ1n) is 4.61. The Bertz CT molecular complexity index is 281. The number of likely N-dealkylation sites (tertiary alicyclic amines) is 1. The quantitative estimate of drug-likeness (QED) is 0.678. The molecule has 4 nitrogen and oxygen atoms in total. The molecule has 0 spiro atoms.